The van der Waals surface area contributed by atoms with Gasteiger partial charge in [0.05, 0.1) is 0 Å². The van der Waals surface area contributed by atoms with Gasteiger partial charge in [0.25, 0.3) is 0 Å². The van der Waals surface area contributed by atoms with Crippen molar-refractivity contribution >= 4 is 11.6 Å². The number of nitrogens with zero attached hydrogens (tertiary/aromatic N) is 2. The fourth-order valence-electron chi connectivity index (χ4n) is 2.16. The van der Waals surface area contributed by atoms with Gasteiger partial charge in [-0.05, 0) is 32.1 Å². The van der Waals surface area contributed by atoms with Gasteiger partial charge >= 0.3 is 0 Å². The van der Waals surface area contributed by atoms with E-state index in [1.165, 1.54) is 12.8 Å². The molecule has 4 N–H and O–H groups in total. The summed E-state index contributed by atoms with van der Waals surface area (Å²) in [6.07, 6.45) is 3.50. The van der Waals surface area contributed by atoms with Gasteiger partial charge in [0.15, 0.2) is 0 Å². The predicted octanol–water partition coefficient (Wildman–Crippen LogP) is 2.49. The first-order valence-corrected chi connectivity index (χ1v) is 6.70. The molecule has 0 aromatic carbocycles. The third-order valence-electron chi connectivity index (χ3n) is 3.05. The molecular formula is C13H23N5. The van der Waals surface area contributed by atoms with E-state index in [4.69, 9.17) is 5.84 Å². The van der Waals surface area contributed by atoms with Gasteiger partial charge in [-0.3, -0.25) is 0 Å². The molecule has 5 heteroatoms. The summed E-state index contributed by atoms with van der Waals surface area (Å²) in [5, 5.41) is 3.42. The largest absolute Gasteiger partial charge is 0.367 e. The van der Waals surface area contributed by atoms with Crippen LogP contribution in [0.1, 0.15) is 51.8 Å². The van der Waals surface area contributed by atoms with E-state index in [0.717, 1.165) is 18.1 Å². The van der Waals surface area contributed by atoms with E-state index in [-0.39, 0.29) is 0 Å². The minimum absolute atomic E-state index is 0.401. The summed E-state index contributed by atoms with van der Waals surface area (Å²) in [6, 6.07) is 2.26. The Hall–Kier alpha value is -1.36. The Morgan fingerprint density at radius 3 is 2.50 bits per heavy atom. The molecule has 0 spiro atoms. The lowest BCUT2D eigenvalue weighted by atomic mass is 10.1. The molecule has 1 atom stereocenters. The molecule has 100 valence electrons. The molecule has 1 saturated carbocycles. The van der Waals surface area contributed by atoms with Crippen LogP contribution in [0.4, 0.5) is 11.6 Å². The van der Waals surface area contributed by atoms with Crippen LogP contribution in [0.25, 0.3) is 0 Å². The maximum atomic E-state index is 5.45. The second-order valence-corrected chi connectivity index (χ2v) is 5.59. The SMILES string of the molecule is CC(C)CC(C)Nc1cc(NN)nc(C2CC2)n1. The predicted molar refractivity (Wildman–Crippen MR) is 74.4 cm³/mol. The maximum Gasteiger partial charge on any atom is 0.145 e. The van der Waals surface area contributed by atoms with Crippen LogP contribution in [0.15, 0.2) is 6.07 Å². The van der Waals surface area contributed by atoms with Crippen molar-refractivity contribution in [2.24, 2.45) is 11.8 Å². The maximum absolute atomic E-state index is 5.45. The van der Waals surface area contributed by atoms with Crippen molar-refractivity contribution in [3.63, 3.8) is 0 Å². The van der Waals surface area contributed by atoms with Crippen LogP contribution in [0.5, 0.6) is 0 Å². The Morgan fingerprint density at radius 1 is 1.28 bits per heavy atom. The van der Waals surface area contributed by atoms with Gasteiger partial charge in [0, 0.05) is 18.0 Å². The zero-order valence-electron chi connectivity index (χ0n) is 11.4. The highest BCUT2D eigenvalue weighted by Crippen LogP contribution is 2.38. The fourth-order valence-corrected chi connectivity index (χ4v) is 2.16. The lowest BCUT2D eigenvalue weighted by molar-refractivity contribution is 0.538. The number of rotatable bonds is 6. The van der Waals surface area contributed by atoms with Gasteiger partial charge in [-0.15, -0.1) is 0 Å². The summed E-state index contributed by atoms with van der Waals surface area (Å²) < 4.78 is 0. The molecule has 1 aromatic heterocycles. The summed E-state index contributed by atoms with van der Waals surface area (Å²) in [4.78, 5) is 8.97. The first kappa shape index (κ1) is 13.1. The van der Waals surface area contributed by atoms with Gasteiger partial charge in [0.2, 0.25) is 0 Å². The lowest BCUT2D eigenvalue weighted by Gasteiger charge is -2.17. The molecule has 0 amide bonds. The van der Waals surface area contributed by atoms with Crippen molar-refractivity contribution in [3.05, 3.63) is 11.9 Å². The van der Waals surface area contributed by atoms with E-state index in [9.17, 15) is 0 Å². The Labute approximate surface area is 109 Å². The minimum atomic E-state index is 0.401. The highest BCUT2D eigenvalue weighted by molar-refractivity contribution is 5.48. The van der Waals surface area contributed by atoms with Crippen molar-refractivity contribution in [2.75, 3.05) is 10.7 Å². The highest BCUT2D eigenvalue weighted by Gasteiger charge is 2.27. The Balaban J connectivity index is 2.08. The van der Waals surface area contributed by atoms with Crippen molar-refractivity contribution in [1.29, 1.82) is 0 Å². The first-order valence-electron chi connectivity index (χ1n) is 6.70. The number of hydrazine groups is 1. The summed E-state index contributed by atoms with van der Waals surface area (Å²) in [7, 11) is 0. The van der Waals surface area contributed by atoms with E-state index >= 15 is 0 Å². The van der Waals surface area contributed by atoms with E-state index in [1.54, 1.807) is 0 Å². The van der Waals surface area contributed by atoms with Crippen LogP contribution < -0.4 is 16.6 Å². The average Bonchev–Trinajstić information content (AvgIpc) is 3.10. The Morgan fingerprint density at radius 2 is 1.94 bits per heavy atom. The zero-order chi connectivity index (χ0) is 13.1. The second-order valence-electron chi connectivity index (χ2n) is 5.59. The second kappa shape index (κ2) is 5.52. The number of hydrogen-bond donors (Lipinski definition) is 3. The molecule has 18 heavy (non-hydrogen) atoms. The molecule has 1 heterocycles. The van der Waals surface area contributed by atoms with Crippen molar-refractivity contribution in [3.8, 4) is 0 Å². The molecule has 1 aliphatic rings. The van der Waals surface area contributed by atoms with Crippen LogP contribution in [0.3, 0.4) is 0 Å². The molecule has 0 saturated heterocycles. The first-order chi connectivity index (χ1) is 8.58. The fraction of sp³-hybridized carbons (Fsp3) is 0.692. The topological polar surface area (TPSA) is 75.9 Å². The standard InChI is InChI=1S/C13H23N5/c1-8(2)6-9(3)15-11-7-12(18-14)17-13(16-11)10-4-5-10/h7-10H,4-6,14H2,1-3H3,(H2,15,16,17,18). The summed E-state index contributed by atoms with van der Waals surface area (Å²) in [5.41, 5.74) is 2.61. The number of anilines is 2. The number of hydrogen-bond acceptors (Lipinski definition) is 5. The molecule has 2 rings (SSSR count). The van der Waals surface area contributed by atoms with Crippen molar-refractivity contribution < 1.29 is 0 Å². The monoisotopic (exact) mass is 249 g/mol. The lowest BCUT2D eigenvalue weighted by Crippen LogP contribution is -2.19. The van der Waals surface area contributed by atoms with Crippen molar-refractivity contribution in [1.82, 2.24) is 9.97 Å². The van der Waals surface area contributed by atoms with Crippen LogP contribution in [0, 0.1) is 5.92 Å². The van der Waals surface area contributed by atoms with Crippen LogP contribution in [0.2, 0.25) is 0 Å². The van der Waals surface area contributed by atoms with Crippen LogP contribution in [-0.4, -0.2) is 16.0 Å². The van der Waals surface area contributed by atoms with Gasteiger partial charge in [-0.2, -0.15) is 0 Å². The number of nitrogens with two attached hydrogens (primary N) is 1. The normalized spacial score (nSPS) is 16.7. The molecule has 0 bridgehead atoms. The molecule has 1 fully saturated rings. The minimum Gasteiger partial charge on any atom is -0.367 e. The van der Waals surface area contributed by atoms with Gasteiger partial charge < -0.3 is 10.7 Å². The van der Waals surface area contributed by atoms with Gasteiger partial charge in [-0.25, -0.2) is 15.8 Å². The molecule has 1 aromatic rings. The Kier molecular flexibility index (Phi) is 4.01. The number of nitrogen functional groups attached to an aromatic ring is 1. The quantitative estimate of drug-likeness (QED) is 0.533. The highest BCUT2D eigenvalue weighted by atomic mass is 15.3. The van der Waals surface area contributed by atoms with E-state index < -0.39 is 0 Å². The summed E-state index contributed by atoms with van der Waals surface area (Å²) in [5.74, 6) is 9.11. The summed E-state index contributed by atoms with van der Waals surface area (Å²) in [6.45, 7) is 6.62. The van der Waals surface area contributed by atoms with E-state index in [0.29, 0.717) is 23.7 Å². The number of aromatic nitrogens is 2. The van der Waals surface area contributed by atoms with Crippen molar-refractivity contribution in [2.45, 2.75) is 52.0 Å². The third-order valence-corrected chi connectivity index (χ3v) is 3.05. The van der Waals surface area contributed by atoms with Gasteiger partial charge in [-0.1, -0.05) is 13.8 Å². The smallest absolute Gasteiger partial charge is 0.145 e. The summed E-state index contributed by atoms with van der Waals surface area (Å²) >= 11 is 0. The zero-order valence-corrected chi connectivity index (χ0v) is 11.4. The molecule has 0 radical (unpaired) electrons. The van der Waals surface area contributed by atoms with E-state index in [1.807, 2.05) is 6.07 Å². The molecule has 5 nitrogen and oxygen atoms in total. The molecule has 0 aliphatic heterocycles. The van der Waals surface area contributed by atoms with Crippen LogP contribution in [-0.2, 0) is 0 Å². The molecule has 1 aliphatic carbocycles. The molecule has 1 unspecified atom stereocenters. The Bertz CT molecular complexity index is 400. The molecular weight excluding hydrogens is 226 g/mol. The number of nitrogens with one attached hydrogen (secondary N) is 2. The third kappa shape index (κ3) is 3.57. The average molecular weight is 249 g/mol. The van der Waals surface area contributed by atoms with Gasteiger partial charge in [0.1, 0.15) is 17.5 Å². The van der Waals surface area contributed by atoms with E-state index in [2.05, 4.69) is 41.5 Å². The van der Waals surface area contributed by atoms with Crippen LogP contribution >= 0.6 is 0 Å².